The minimum Gasteiger partial charge on any atom is -0.493 e. The van der Waals surface area contributed by atoms with Crippen LogP contribution >= 0.6 is 0 Å². The largest absolute Gasteiger partial charge is 0.493 e. The van der Waals surface area contributed by atoms with Gasteiger partial charge >= 0.3 is 6.03 Å². The summed E-state index contributed by atoms with van der Waals surface area (Å²) in [5, 5.41) is 16.0. The van der Waals surface area contributed by atoms with Crippen LogP contribution in [0.2, 0.25) is 0 Å². The number of amides is 2. The second-order valence-corrected chi connectivity index (χ2v) is 6.01. The van der Waals surface area contributed by atoms with Gasteiger partial charge in [-0.15, -0.1) is 0 Å². The number of hydrogen-bond donors (Lipinski definition) is 2. The molecule has 2 aromatic carbocycles. The third-order valence-corrected chi connectivity index (χ3v) is 4.08. The number of nitrogens with one attached hydrogen (secondary N) is 1. The Labute approximate surface area is 137 Å². The highest BCUT2D eigenvalue weighted by atomic mass is 16.3. The molecule has 0 atom stereocenters. The highest BCUT2D eigenvalue weighted by molar-refractivity contribution is 5.98. The SMILES string of the molecule is CC(C)n1c(O)c(Nc2ccc3c(c2)=NC(=O)N=3)c2ccccc21. The number of aromatic hydroxyl groups is 1. The molecule has 24 heavy (non-hydrogen) atoms. The lowest BCUT2D eigenvalue weighted by molar-refractivity contribution is 0.256. The first-order valence-electron chi connectivity index (χ1n) is 7.75. The molecule has 0 aliphatic carbocycles. The number of benzene rings is 2. The predicted molar refractivity (Wildman–Crippen MR) is 91.4 cm³/mol. The summed E-state index contributed by atoms with van der Waals surface area (Å²) in [4.78, 5) is 18.9. The Morgan fingerprint density at radius 1 is 1.08 bits per heavy atom. The van der Waals surface area contributed by atoms with Crippen LogP contribution in [0.25, 0.3) is 10.9 Å². The number of anilines is 2. The maximum absolute atomic E-state index is 11.3. The molecule has 0 bridgehead atoms. The zero-order valence-electron chi connectivity index (χ0n) is 13.3. The minimum atomic E-state index is -0.485. The lowest BCUT2D eigenvalue weighted by Crippen LogP contribution is -2.21. The second kappa shape index (κ2) is 5.19. The van der Waals surface area contributed by atoms with Crippen molar-refractivity contribution in [1.29, 1.82) is 0 Å². The highest BCUT2D eigenvalue weighted by Crippen LogP contribution is 2.39. The quantitative estimate of drug-likeness (QED) is 0.778. The van der Waals surface area contributed by atoms with E-state index in [9.17, 15) is 9.90 Å². The number of para-hydroxylation sites is 1. The molecule has 1 aromatic heterocycles. The maximum atomic E-state index is 11.3. The van der Waals surface area contributed by atoms with Crippen molar-refractivity contribution in [3.8, 4) is 5.88 Å². The van der Waals surface area contributed by atoms with Gasteiger partial charge in [0, 0.05) is 17.1 Å². The second-order valence-electron chi connectivity index (χ2n) is 6.01. The third-order valence-electron chi connectivity index (χ3n) is 4.08. The van der Waals surface area contributed by atoms with E-state index in [0.717, 1.165) is 16.6 Å². The Kier molecular flexibility index (Phi) is 3.13. The van der Waals surface area contributed by atoms with Crippen molar-refractivity contribution in [2.45, 2.75) is 19.9 Å². The van der Waals surface area contributed by atoms with Crippen molar-refractivity contribution in [1.82, 2.24) is 4.57 Å². The highest BCUT2D eigenvalue weighted by Gasteiger charge is 2.18. The summed E-state index contributed by atoms with van der Waals surface area (Å²) >= 11 is 0. The van der Waals surface area contributed by atoms with Crippen LogP contribution in [-0.2, 0) is 0 Å². The van der Waals surface area contributed by atoms with Gasteiger partial charge in [0.05, 0.1) is 16.2 Å². The molecule has 1 aliphatic heterocycles. The van der Waals surface area contributed by atoms with Crippen molar-refractivity contribution in [2.75, 3.05) is 5.32 Å². The van der Waals surface area contributed by atoms with Crippen LogP contribution in [0.1, 0.15) is 19.9 Å². The third kappa shape index (κ3) is 2.15. The molecule has 0 saturated heterocycles. The van der Waals surface area contributed by atoms with Gasteiger partial charge in [-0.25, -0.2) is 4.79 Å². The van der Waals surface area contributed by atoms with Gasteiger partial charge in [-0.2, -0.15) is 9.98 Å². The molecule has 120 valence electrons. The number of urea groups is 1. The number of carbonyl (C=O) groups excluding carboxylic acids is 1. The Hall–Kier alpha value is -3.15. The first kappa shape index (κ1) is 14.4. The molecule has 1 aliphatic rings. The van der Waals surface area contributed by atoms with Gasteiger partial charge in [-0.05, 0) is 38.1 Å². The van der Waals surface area contributed by atoms with Crippen LogP contribution < -0.4 is 16.0 Å². The summed E-state index contributed by atoms with van der Waals surface area (Å²) in [6.45, 7) is 4.05. The summed E-state index contributed by atoms with van der Waals surface area (Å²) in [5.74, 6) is 0.185. The Morgan fingerprint density at radius 2 is 1.83 bits per heavy atom. The number of carbonyl (C=O) groups is 1. The van der Waals surface area contributed by atoms with Gasteiger partial charge < -0.3 is 15.0 Å². The number of hydrogen-bond acceptors (Lipinski definition) is 3. The van der Waals surface area contributed by atoms with E-state index in [0.29, 0.717) is 16.4 Å². The normalized spacial score (nSPS) is 13.0. The first-order valence-corrected chi connectivity index (χ1v) is 7.75. The zero-order chi connectivity index (χ0) is 16.8. The summed E-state index contributed by atoms with van der Waals surface area (Å²) in [7, 11) is 0. The Morgan fingerprint density at radius 3 is 2.62 bits per heavy atom. The smallest absolute Gasteiger partial charge is 0.368 e. The van der Waals surface area contributed by atoms with Crippen LogP contribution in [0.4, 0.5) is 16.2 Å². The Bertz CT molecular complexity index is 1100. The van der Waals surface area contributed by atoms with E-state index >= 15 is 0 Å². The van der Waals surface area contributed by atoms with E-state index in [-0.39, 0.29) is 11.9 Å². The summed E-state index contributed by atoms with van der Waals surface area (Å²) in [6, 6.07) is 12.8. The first-order chi connectivity index (χ1) is 11.5. The van der Waals surface area contributed by atoms with Gasteiger partial charge in [0.1, 0.15) is 5.69 Å². The van der Waals surface area contributed by atoms with Crippen molar-refractivity contribution < 1.29 is 9.90 Å². The van der Waals surface area contributed by atoms with E-state index in [2.05, 4.69) is 15.3 Å². The fourth-order valence-corrected chi connectivity index (χ4v) is 3.06. The topological polar surface area (TPSA) is 79.0 Å². The van der Waals surface area contributed by atoms with Gasteiger partial charge in [0.2, 0.25) is 5.88 Å². The maximum Gasteiger partial charge on any atom is 0.368 e. The molecule has 0 saturated carbocycles. The van der Waals surface area contributed by atoms with E-state index in [1.54, 1.807) is 12.1 Å². The molecule has 2 heterocycles. The van der Waals surface area contributed by atoms with Crippen LogP contribution in [0.3, 0.4) is 0 Å². The van der Waals surface area contributed by atoms with E-state index in [1.165, 1.54) is 0 Å². The molecule has 0 unspecified atom stereocenters. The number of aromatic nitrogens is 1. The lowest BCUT2D eigenvalue weighted by Gasteiger charge is -2.11. The Balaban J connectivity index is 1.86. The molecule has 2 N–H and O–H groups in total. The molecule has 0 fully saturated rings. The summed E-state index contributed by atoms with van der Waals surface area (Å²) in [6.07, 6.45) is 0. The van der Waals surface area contributed by atoms with Gasteiger partial charge in [-0.1, -0.05) is 18.2 Å². The van der Waals surface area contributed by atoms with E-state index in [1.807, 2.05) is 48.7 Å². The lowest BCUT2D eigenvalue weighted by atomic mass is 10.2. The number of rotatable bonds is 3. The average molecular weight is 320 g/mol. The standard InChI is InChI=1S/C18H16N4O2/c1-10(2)22-15-6-4-3-5-12(15)16(17(22)23)19-11-7-8-13-14(9-11)21-18(24)20-13/h3-10,19,23H,1-2H3. The fourth-order valence-electron chi connectivity index (χ4n) is 3.06. The van der Waals surface area contributed by atoms with Gasteiger partial charge in [-0.3, -0.25) is 0 Å². The van der Waals surface area contributed by atoms with Crippen LogP contribution in [0.15, 0.2) is 52.4 Å². The molecule has 6 heteroatoms. The van der Waals surface area contributed by atoms with E-state index in [4.69, 9.17) is 0 Å². The summed E-state index contributed by atoms with van der Waals surface area (Å²) < 4.78 is 1.88. The average Bonchev–Trinajstić information content (AvgIpc) is 3.04. The molecule has 2 amide bonds. The zero-order valence-corrected chi connectivity index (χ0v) is 13.3. The van der Waals surface area contributed by atoms with Crippen molar-refractivity contribution >= 4 is 28.3 Å². The van der Waals surface area contributed by atoms with Crippen LogP contribution in [0.5, 0.6) is 5.88 Å². The number of fused-ring (bicyclic) bond motifs is 2. The monoisotopic (exact) mass is 320 g/mol. The molecule has 0 radical (unpaired) electrons. The van der Waals surface area contributed by atoms with Crippen molar-refractivity contribution in [2.24, 2.45) is 9.98 Å². The molecule has 6 nitrogen and oxygen atoms in total. The van der Waals surface area contributed by atoms with Crippen LogP contribution in [0, 0.1) is 0 Å². The predicted octanol–water partition coefficient (Wildman–Crippen LogP) is 3.04. The van der Waals surface area contributed by atoms with Gasteiger partial charge in [0.15, 0.2) is 0 Å². The minimum absolute atomic E-state index is 0.122. The molecule has 0 spiro atoms. The fraction of sp³-hybridized carbons (Fsp3) is 0.167. The summed E-state index contributed by atoms with van der Waals surface area (Å²) in [5.41, 5.74) is 2.34. The van der Waals surface area contributed by atoms with Crippen LogP contribution in [-0.4, -0.2) is 15.7 Å². The molecular formula is C18H16N4O2. The molecule has 3 aromatic rings. The number of nitrogens with zero attached hydrogens (tertiary/aromatic N) is 3. The van der Waals surface area contributed by atoms with E-state index < -0.39 is 6.03 Å². The molecule has 4 rings (SSSR count). The van der Waals surface area contributed by atoms with Crippen molar-refractivity contribution in [3.05, 3.63) is 53.2 Å². The van der Waals surface area contributed by atoms with Crippen molar-refractivity contribution in [3.63, 3.8) is 0 Å². The molecular weight excluding hydrogens is 304 g/mol. The van der Waals surface area contributed by atoms with Gasteiger partial charge in [0.25, 0.3) is 0 Å².